The summed E-state index contributed by atoms with van der Waals surface area (Å²) in [7, 11) is 2.34. The van der Waals surface area contributed by atoms with E-state index in [0.717, 1.165) is 19.3 Å². The van der Waals surface area contributed by atoms with Crippen molar-refractivity contribution in [2.45, 2.75) is 148 Å². The second-order valence-corrected chi connectivity index (χ2v) is 13.1. The molecule has 0 saturated carbocycles. The number of rotatable bonds is 25. The fourth-order valence-corrected chi connectivity index (χ4v) is 6.61. The maximum atomic E-state index is 12.7. The monoisotopic (exact) mass is 502 g/mol. The lowest BCUT2D eigenvalue weighted by atomic mass is 10.1. The van der Waals surface area contributed by atoms with Crippen molar-refractivity contribution in [3.8, 4) is 0 Å². The number of nitrogens with zero attached hydrogens (tertiary/aromatic N) is 1. The molecule has 0 fully saturated rings. The first kappa shape index (κ1) is 33.8. The summed E-state index contributed by atoms with van der Waals surface area (Å²) in [5.74, 6) is -0.339. The van der Waals surface area contributed by atoms with Gasteiger partial charge in [0.25, 0.3) is 0 Å². The summed E-state index contributed by atoms with van der Waals surface area (Å²) < 4.78 is 18.6. The first-order chi connectivity index (χ1) is 16.3. The number of hydrogen-bond acceptors (Lipinski definition) is 2. The molecule has 0 aromatic heterocycles. The zero-order valence-corrected chi connectivity index (χ0v) is 24.6. The van der Waals surface area contributed by atoms with Crippen LogP contribution in [0, 0.1) is 0 Å². The van der Waals surface area contributed by atoms with Gasteiger partial charge in [-0.25, -0.2) is 0 Å². The van der Waals surface area contributed by atoms with Gasteiger partial charge < -0.3 is 13.9 Å². The molecule has 204 valence electrons. The maximum Gasteiger partial charge on any atom is 0.385 e. The van der Waals surface area contributed by atoms with Gasteiger partial charge in [0, 0.05) is 6.42 Å². The van der Waals surface area contributed by atoms with Crippen LogP contribution in [-0.4, -0.2) is 42.9 Å². The van der Waals surface area contributed by atoms with E-state index in [-0.39, 0.29) is 5.78 Å². The molecular formula is C29H61NO3P+. The predicted molar refractivity (Wildman–Crippen MR) is 150 cm³/mol. The first-order valence-corrected chi connectivity index (χ1v) is 16.3. The Balaban J connectivity index is 3.51. The van der Waals surface area contributed by atoms with Crippen molar-refractivity contribution in [3.63, 3.8) is 0 Å². The van der Waals surface area contributed by atoms with Crippen LogP contribution in [0.3, 0.4) is 0 Å². The zero-order chi connectivity index (χ0) is 25.5. The molecule has 34 heavy (non-hydrogen) atoms. The Morgan fingerprint density at radius 2 is 1.09 bits per heavy atom. The van der Waals surface area contributed by atoms with E-state index in [1.807, 2.05) is 21.1 Å². The van der Waals surface area contributed by atoms with E-state index in [4.69, 9.17) is 4.52 Å². The number of unbranched alkanes of at least 4 members (excludes halogenated alkanes) is 16. The minimum atomic E-state index is -3.57. The molecule has 0 aromatic carbocycles. The van der Waals surface area contributed by atoms with Gasteiger partial charge in [0.1, 0.15) is 0 Å². The fraction of sp³-hybridized carbons (Fsp3) is 0.931. The van der Waals surface area contributed by atoms with E-state index >= 15 is 0 Å². The topological polar surface area (TPSA) is 46.5 Å². The molecule has 2 atom stereocenters. The number of hydrogen-bond donors (Lipinski definition) is 1. The highest BCUT2D eigenvalue weighted by Gasteiger charge is 2.41. The van der Waals surface area contributed by atoms with E-state index in [0.29, 0.717) is 17.5 Å². The van der Waals surface area contributed by atoms with E-state index in [2.05, 4.69) is 26.0 Å². The van der Waals surface area contributed by atoms with Crippen molar-refractivity contribution < 1.29 is 18.5 Å². The lowest BCUT2D eigenvalue weighted by Crippen LogP contribution is -2.45. The Hall–Kier alpha value is -0.150. The molecule has 0 aliphatic carbocycles. The first-order valence-electron chi connectivity index (χ1n) is 14.7. The number of quaternary nitrogens is 1. The van der Waals surface area contributed by atoms with Crippen molar-refractivity contribution in [2.24, 2.45) is 0 Å². The van der Waals surface area contributed by atoms with E-state index < -0.39 is 7.60 Å². The Morgan fingerprint density at radius 3 is 1.50 bits per heavy atom. The van der Waals surface area contributed by atoms with Crippen molar-refractivity contribution in [1.82, 2.24) is 0 Å². The normalized spacial score (nSPS) is 15.1. The van der Waals surface area contributed by atoms with Gasteiger partial charge in [-0.1, -0.05) is 109 Å². The van der Waals surface area contributed by atoms with Gasteiger partial charge in [0.05, 0.1) is 27.7 Å². The van der Waals surface area contributed by atoms with Crippen LogP contribution in [0.15, 0.2) is 12.2 Å². The lowest BCUT2D eigenvalue weighted by Gasteiger charge is -2.35. The molecule has 0 heterocycles. The quantitative estimate of drug-likeness (QED) is 0.0585. The molecule has 0 spiro atoms. The highest BCUT2D eigenvalue weighted by molar-refractivity contribution is 7.53. The Kier molecular flexibility index (Phi) is 22.0. The van der Waals surface area contributed by atoms with E-state index in [9.17, 15) is 9.46 Å². The van der Waals surface area contributed by atoms with Gasteiger partial charge in [-0.3, -0.25) is 4.57 Å². The minimum Gasteiger partial charge on any atom is -0.320 e. The van der Waals surface area contributed by atoms with Crippen molar-refractivity contribution >= 4 is 7.60 Å². The number of allylic oxidation sites excluding steroid dienone is 2. The molecule has 0 bridgehead atoms. The van der Waals surface area contributed by atoms with Crippen LogP contribution in [0.2, 0.25) is 0 Å². The SMILES string of the molecule is CCCCCCCCCCCCC/C=C\CCCCCCCOP(=O)(O)C(CCC)[N+](C)(C)C. The van der Waals surface area contributed by atoms with Gasteiger partial charge in [-0.2, -0.15) is 0 Å². The summed E-state index contributed by atoms with van der Waals surface area (Å²) in [6.07, 6.45) is 29.9. The third kappa shape index (κ3) is 20.1. The largest absolute Gasteiger partial charge is 0.385 e. The van der Waals surface area contributed by atoms with Gasteiger partial charge in [0.15, 0.2) is 5.78 Å². The van der Waals surface area contributed by atoms with Crippen LogP contribution >= 0.6 is 7.60 Å². The Morgan fingerprint density at radius 1 is 0.676 bits per heavy atom. The van der Waals surface area contributed by atoms with Gasteiger partial charge in [-0.05, 0) is 38.5 Å². The zero-order valence-electron chi connectivity index (χ0n) is 23.7. The van der Waals surface area contributed by atoms with Crippen LogP contribution in [0.4, 0.5) is 0 Å². The molecular weight excluding hydrogens is 441 g/mol. The van der Waals surface area contributed by atoms with Crippen molar-refractivity contribution in [1.29, 1.82) is 0 Å². The van der Waals surface area contributed by atoms with Crippen LogP contribution in [0.25, 0.3) is 0 Å². The van der Waals surface area contributed by atoms with Crippen LogP contribution in [0.5, 0.6) is 0 Å². The van der Waals surface area contributed by atoms with Crippen molar-refractivity contribution in [2.75, 3.05) is 27.7 Å². The second-order valence-electron chi connectivity index (χ2n) is 11.1. The van der Waals surface area contributed by atoms with Gasteiger partial charge >= 0.3 is 7.60 Å². The summed E-state index contributed by atoms with van der Waals surface area (Å²) in [4.78, 5) is 10.4. The summed E-state index contributed by atoms with van der Waals surface area (Å²) in [6.45, 7) is 4.73. The average molecular weight is 503 g/mol. The minimum absolute atomic E-state index is 0.339. The molecule has 0 aliphatic rings. The molecule has 0 rings (SSSR count). The van der Waals surface area contributed by atoms with E-state index in [1.54, 1.807) is 0 Å². The average Bonchev–Trinajstić information content (AvgIpc) is 2.77. The fourth-order valence-electron chi connectivity index (χ4n) is 4.58. The molecule has 0 aromatic rings. The van der Waals surface area contributed by atoms with Crippen LogP contribution < -0.4 is 0 Å². The van der Waals surface area contributed by atoms with Crippen LogP contribution in [-0.2, 0) is 9.09 Å². The van der Waals surface area contributed by atoms with Gasteiger partial charge in [0.2, 0.25) is 0 Å². The third-order valence-corrected chi connectivity index (χ3v) is 9.01. The molecule has 0 aliphatic heterocycles. The smallest absolute Gasteiger partial charge is 0.320 e. The summed E-state index contributed by atoms with van der Waals surface area (Å²) in [5.41, 5.74) is 0. The summed E-state index contributed by atoms with van der Waals surface area (Å²) in [5, 5.41) is 0. The summed E-state index contributed by atoms with van der Waals surface area (Å²) >= 11 is 0. The highest BCUT2D eigenvalue weighted by atomic mass is 31.2. The third-order valence-electron chi connectivity index (χ3n) is 6.75. The van der Waals surface area contributed by atoms with Gasteiger partial charge in [-0.15, -0.1) is 0 Å². The predicted octanol–water partition coefficient (Wildman–Crippen LogP) is 9.62. The highest BCUT2D eigenvalue weighted by Crippen LogP contribution is 2.51. The standard InChI is InChI=1S/C29H60NO3P/c1-6-8-9-10-11-12-13-14-15-16-17-18-19-20-21-22-23-24-25-26-28-33-34(31,32)29(27-7-2)30(3,4)5/h19-20,29H,6-18,21-28H2,1-5H3/p+1/b20-19-. The maximum absolute atomic E-state index is 12.7. The van der Waals surface area contributed by atoms with E-state index in [1.165, 1.54) is 103 Å². The van der Waals surface area contributed by atoms with Crippen LogP contribution in [0.1, 0.15) is 142 Å². The Bertz CT molecular complexity index is 516. The molecule has 1 N–H and O–H groups in total. The summed E-state index contributed by atoms with van der Waals surface area (Å²) in [6, 6.07) is 0. The molecule has 4 nitrogen and oxygen atoms in total. The molecule has 0 amide bonds. The Labute approximate surface area is 214 Å². The molecule has 0 radical (unpaired) electrons. The molecule has 2 unspecified atom stereocenters. The molecule has 0 saturated heterocycles. The molecule has 5 heteroatoms. The van der Waals surface area contributed by atoms with Crippen molar-refractivity contribution in [3.05, 3.63) is 12.2 Å². The second kappa shape index (κ2) is 22.1. The lowest BCUT2D eigenvalue weighted by molar-refractivity contribution is -0.883.